The van der Waals surface area contributed by atoms with Crippen molar-refractivity contribution in [2.45, 2.75) is 12.5 Å². The van der Waals surface area contributed by atoms with Gasteiger partial charge in [0.15, 0.2) is 0 Å². The second-order valence-electron chi connectivity index (χ2n) is 3.09. The molecule has 1 unspecified atom stereocenters. The average molecular weight is 247 g/mol. The topological polar surface area (TPSA) is 159 Å². The van der Waals surface area contributed by atoms with Gasteiger partial charge in [-0.25, -0.2) is 0 Å². The predicted molar refractivity (Wildman–Crippen MR) is 53.9 cm³/mol. The molecule has 0 saturated carbocycles. The van der Waals surface area contributed by atoms with Crippen LogP contribution in [0, 0.1) is 0 Å². The highest BCUT2D eigenvalue weighted by Gasteiger charge is 2.17. The molecule has 0 aliphatic carbocycles. The Labute approximate surface area is 96.0 Å². The summed E-state index contributed by atoms with van der Waals surface area (Å²) in [5, 5.41) is 20.7. The number of nitrogens with two attached hydrogens (primary N) is 1. The van der Waals surface area contributed by atoms with E-state index in [1.54, 1.807) is 0 Å². The molecule has 0 bridgehead atoms. The summed E-state index contributed by atoms with van der Waals surface area (Å²) in [6.07, 6.45) is -0.553. The fourth-order valence-electron chi connectivity index (χ4n) is 0.816. The molecule has 0 saturated heterocycles. The molecular weight excluding hydrogens is 234 g/mol. The molecule has 9 nitrogen and oxygen atoms in total. The second kappa shape index (κ2) is 7.17. The molecule has 0 aromatic rings. The third-order valence-electron chi connectivity index (χ3n) is 1.59. The first-order chi connectivity index (χ1) is 7.82. The fourth-order valence-corrected chi connectivity index (χ4v) is 0.816. The van der Waals surface area contributed by atoms with E-state index in [0.29, 0.717) is 0 Å². The Balaban J connectivity index is 3.87. The van der Waals surface area contributed by atoms with Gasteiger partial charge in [-0.2, -0.15) is 0 Å². The van der Waals surface area contributed by atoms with Gasteiger partial charge in [0, 0.05) is 0 Å². The number of nitrogens with one attached hydrogen (secondary N) is 2. The number of hydrogen-bond acceptors (Lipinski definition) is 5. The van der Waals surface area contributed by atoms with E-state index >= 15 is 0 Å². The Bertz CT molecular complexity index is 329. The number of carbonyl (C=O) groups excluding carboxylic acids is 2. The van der Waals surface area contributed by atoms with Gasteiger partial charge in [0.1, 0.15) is 6.54 Å². The van der Waals surface area contributed by atoms with Gasteiger partial charge in [0.05, 0.1) is 19.0 Å². The zero-order valence-electron chi connectivity index (χ0n) is 8.80. The van der Waals surface area contributed by atoms with Gasteiger partial charge in [-0.15, -0.1) is 0 Å². The zero-order valence-corrected chi connectivity index (χ0v) is 8.80. The van der Waals surface area contributed by atoms with Crippen LogP contribution < -0.4 is 16.4 Å². The molecule has 2 amide bonds. The third kappa shape index (κ3) is 7.73. The molecule has 0 aliphatic rings. The van der Waals surface area contributed by atoms with Crippen molar-refractivity contribution in [1.29, 1.82) is 0 Å². The Morgan fingerprint density at radius 1 is 1.00 bits per heavy atom. The number of hydrogen-bond donors (Lipinski definition) is 5. The summed E-state index contributed by atoms with van der Waals surface area (Å²) >= 11 is 0. The third-order valence-corrected chi connectivity index (χ3v) is 1.59. The summed E-state index contributed by atoms with van der Waals surface area (Å²) in [7, 11) is 0. The van der Waals surface area contributed by atoms with Gasteiger partial charge in [0.2, 0.25) is 11.8 Å². The number of aliphatic carboxylic acids is 2. The van der Waals surface area contributed by atoms with Crippen LogP contribution in [0.4, 0.5) is 0 Å². The number of rotatable bonds is 7. The van der Waals surface area contributed by atoms with Crippen molar-refractivity contribution >= 4 is 23.8 Å². The van der Waals surface area contributed by atoms with Crippen molar-refractivity contribution in [2.75, 3.05) is 13.1 Å². The van der Waals surface area contributed by atoms with Crippen LogP contribution in [-0.2, 0) is 19.2 Å². The highest BCUT2D eigenvalue weighted by Crippen LogP contribution is 1.87. The lowest BCUT2D eigenvalue weighted by molar-refractivity contribution is -0.140. The van der Waals surface area contributed by atoms with Crippen LogP contribution in [0.15, 0.2) is 0 Å². The minimum atomic E-state index is -1.25. The maximum Gasteiger partial charge on any atom is 0.322 e. The van der Waals surface area contributed by atoms with E-state index in [1.165, 1.54) is 0 Å². The summed E-state index contributed by atoms with van der Waals surface area (Å²) in [6, 6.07) is -1.25. The van der Waals surface area contributed by atoms with Crippen LogP contribution in [0.3, 0.4) is 0 Å². The molecule has 0 aromatic heterocycles. The lowest BCUT2D eigenvalue weighted by atomic mass is 10.2. The van der Waals surface area contributed by atoms with Crippen LogP contribution in [0.25, 0.3) is 0 Å². The van der Waals surface area contributed by atoms with E-state index in [9.17, 15) is 19.2 Å². The number of carbonyl (C=O) groups is 4. The monoisotopic (exact) mass is 247 g/mol. The Morgan fingerprint density at radius 2 is 1.59 bits per heavy atom. The van der Waals surface area contributed by atoms with E-state index in [0.717, 1.165) is 0 Å². The van der Waals surface area contributed by atoms with Crippen LogP contribution in [0.2, 0.25) is 0 Å². The van der Waals surface area contributed by atoms with Crippen molar-refractivity contribution < 1.29 is 29.4 Å². The van der Waals surface area contributed by atoms with Crippen molar-refractivity contribution in [3.63, 3.8) is 0 Å². The van der Waals surface area contributed by atoms with Gasteiger partial charge in [-0.05, 0) is 0 Å². The summed E-state index contributed by atoms with van der Waals surface area (Å²) < 4.78 is 0. The fraction of sp³-hybridized carbons (Fsp3) is 0.500. The molecule has 0 aliphatic heterocycles. The average Bonchev–Trinajstić information content (AvgIpc) is 2.21. The van der Waals surface area contributed by atoms with E-state index < -0.39 is 49.3 Å². The summed E-state index contributed by atoms with van der Waals surface area (Å²) in [4.78, 5) is 42.4. The molecule has 0 heterocycles. The summed E-state index contributed by atoms with van der Waals surface area (Å²) in [5.41, 5.74) is 5.21. The standard InChI is InChI=1S/C8H13N3O6/c9-4(1-6(13)14)8(17)11-2-5(12)10-3-7(15)16/h4H,1-3,9H2,(H,10,12)(H,11,17)(H,13,14)(H,15,16). The molecule has 9 heteroatoms. The van der Waals surface area contributed by atoms with Crippen molar-refractivity contribution in [2.24, 2.45) is 5.73 Å². The highest BCUT2D eigenvalue weighted by molar-refractivity contribution is 5.90. The van der Waals surface area contributed by atoms with Gasteiger partial charge in [-0.1, -0.05) is 0 Å². The summed E-state index contributed by atoms with van der Waals surface area (Å²) in [5.74, 6) is -3.95. The zero-order chi connectivity index (χ0) is 13.4. The van der Waals surface area contributed by atoms with Gasteiger partial charge < -0.3 is 26.6 Å². The maximum atomic E-state index is 11.1. The maximum absolute atomic E-state index is 11.1. The van der Waals surface area contributed by atoms with Crippen LogP contribution in [-0.4, -0.2) is 53.1 Å². The molecule has 0 spiro atoms. The molecule has 96 valence electrons. The first-order valence-electron chi connectivity index (χ1n) is 4.56. The van der Waals surface area contributed by atoms with Crippen LogP contribution in [0.5, 0.6) is 0 Å². The van der Waals surface area contributed by atoms with Gasteiger partial charge >= 0.3 is 11.9 Å². The van der Waals surface area contributed by atoms with Gasteiger partial charge in [0.25, 0.3) is 0 Å². The molecule has 6 N–H and O–H groups in total. The second-order valence-corrected chi connectivity index (χ2v) is 3.09. The molecule has 17 heavy (non-hydrogen) atoms. The Kier molecular flexibility index (Phi) is 6.26. The Morgan fingerprint density at radius 3 is 2.06 bits per heavy atom. The van der Waals surface area contributed by atoms with Crippen molar-refractivity contribution in [3.05, 3.63) is 0 Å². The largest absolute Gasteiger partial charge is 0.481 e. The first kappa shape index (κ1) is 14.8. The summed E-state index contributed by atoms with van der Waals surface area (Å²) in [6.45, 7) is -1.02. The highest BCUT2D eigenvalue weighted by atomic mass is 16.4. The number of carboxylic acids is 2. The lowest BCUT2D eigenvalue weighted by Crippen LogP contribution is -2.46. The van der Waals surface area contributed by atoms with E-state index in [-0.39, 0.29) is 0 Å². The molecular formula is C8H13N3O6. The van der Waals surface area contributed by atoms with E-state index in [4.69, 9.17) is 15.9 Å². The van der Waals surface area contributed by atoms with Gasteiger partial charge in [-0.3, -0.25) is 19.2 Å². The molecule has 0 fully saturated rings. The predicted octanol–water partition coefficient (Wildman–Crippen LogP) is -2.89. The quantitative estimate of drug-likeness (QED) is 0.322. The molecule has 0 aromatic carbocycles. The Hall–Kier alpha value is -2.16. The first-order valence-corrected chi connectivity index (χ1v) is 4.56. The lowest BCUT2D eigenvalue weighted by Gasteiger charge is -2.09. The minimum Gasteiger partial charge on any atom is -0.481 e. The van der Waals surface area contributed by atoms with Crippen LogP contribution >= 0.6 is 0 Å². The molecule has 1 atom stereocenters. The normalized spacial score (nSPS) is 11.4. The number of carboxylic acid groups (broad SMARTS) is 2. The smallest absolute Gasteiger partial charge is 0.322 e. The molecule has 0 rings (SSSR count). The van der Waals surface area contributed by atoms with Crippen molar-refractivity contribution in [3.8, 4) is 0 Å². The van der Waals surface area contributed by atoms with Crippen molar-refractivity contribution in [1.82, 2.24) is 10.6 Å². The molecule has 0 radical (unpaired) electrons. The number of amides is 2. The van der Waals surface area contributed by atoms with E-state index in [1.807, 2.05) is 5.32 Å². The SMILES string of the molecule is NC(CC(=O)O)C(=O)NCC(=O)NCC(=O)O. The minimum absolute atomic E-state index is 0.459. The van der Waals surface area contributed by atoms with Crippen LogP contribution in [0.1, 0.15) is 6.42 Å². The van der Waals surface area contributed by atoms with E-state index in [2.05, 4.69) is 5.32 Å².